The molecule has 1 aliphatic rings. The Morgan fingerprint density at radius 3 is 1.93 bits per heavy atom. The maximum absolute atomic E-state index is 12.4. The van der Waals surface area contributed by atoms with Crippen molar-refractivity contribution < 1.29 is 8.78 Å². The van der Waals surface area contributed by atoms with Crippen molar-refractivity contribution in [2.75, 3.05) is 0 Å². The Morgan fingerprint density at radius 1 is 0.767 bits per heavy atom. The predicted molar refractivity (Wildman–Crippen MR) is 125 cm³/mol. The number of benzene rings is 2. The smallest absolute Gasteiger partial charge is 0.173 e. The first-order valence-corrected chi connectivity index (χ1v) is 11.9. The van der Waals surface area contributed by atoms with Gasteiger partial charge in [0.05, 0.1) is 0 Å². The molecule has 0 aromatic heterocycles. The van der Waals surface area contributed by atoms with Crippen LogP contribution in [0.5, 0.6) is 0 Å². The van der Waals surface area contributed by atoms with Gasteiger partial charge in [0, 0.05) is 6.08 Å². The van der Waals surface area contributed by atoms with Crippen LogP contribution in [0.2, 0.25) is 0 Å². The Morgan fingerprint density at radius 2 is 1.33 bits per heavy atom. The van der Waals surface area contributed by atoms with Gasteiger partial charge < -0.3 is 0 Å². The van der Waals surface area contributed by atoms with Gasteiger partial charge in [-0.1, -0.05) is 100 Å². The van der Waals surface area contributed by atoms with Gasteiger partial charge in [-0.15, -0.1) is 0 Å². The van der Waals surface area contributed by atoms with Crippen LogP contribution in [0, 0.1) is 5.92 Å². The summed E-state index contributed by atoms with van der Waals surface area (Å²) in [4.78, 5) is 0. The van der Waals surface area contributed by atoms with Gasteiger partial charge in [-0.2, -0.15) is 8.78 Å². The highest BCUT2D eigenvalue weighted by molar-refractivity contribution is 5.66. The number of unbranched alkanes of at least 4 members (excludes halogenated alkanes) is 5. The van der Waals surface area contributed by atoms with Crippen molar-refractivity contribution in [3.8, 4) is 11.1 Å². The quantitative estimate of drug-likeness (QED) is 0.342. The summed E-state index contributed by atoms with van der Waals surface area (Å²) in [7, 11) is 0. The predicted octanol–water partition coefficient (Wildman–Crippen LogP) is 9.62. The molecule has 0 spiro atoms. The minimum atomic E-state index is -1.66. The minimum absolute atomic E-state index is 0.535. The molecule has 0 N–H and O–H groups in total. The van der Waals surface area contributed by atoms with Gasteiger partial charge in [0.15, 0.2) is 0 Å². The SMILES string of the molecule is CCCCCCCC[C@H]1CC[C@H](c2ccc(-c3ccc(C=C(F)F)cc3)cc2)CC1. The number of hydrogen-bond donors (Lipinski definition) is 0. The Bertz CT molecular complexity index is 761. The Labute approximate surface area is 181 Å². The highest BCUT2D eigenvalue weighted by atomic mass is 19.3. The summed E-state index contributed by atoms with van der Waals surface area (Å²) in [5, 5.41) is 0. The van der Waals surface area contributed by atoms with E-state index in [1.54, 1.807) is 12.1 Å². The van der Waals surface area contributed by atoms with Gasteiger partial charge in [0.2, 0.25) is 0 Å². The normalized spacial score (nSPS) is 18.9. The lowest BCUT2D eigenvalue weighted by Crippen LogP contribution is -2.13. The largest absolute Gasteiger partial charge is 0.270 e. The summed E-state index contributed by atoms with van der Waals surface area (Å²) in [6.45, 7) is 2.28. The third kappa shape index (κ3) is 7.07. The second-order valence-electron chi connectivity index (χ2n) is 8.95. The second-order valence-corrected chi connectivity index (χ2v) is 8.95. The van der Waals surface area contributed by atoms with E-state index in [0.29, 0.717) is 11.5 Å². The molecule has 0 unspecified atom stereocenters. The van der Waals surface area contributed by atoms with Gasteiger partial charge in [-0.3, -0.25) is 0 Å². The molecule has 2 aromatic carbocycles. The molecule has 2 heteroatoms. The summed E-state index contributed by atoms with van der Waals surface area (Å²) in [6.07, 6.45) is 14.4. The van der Waals surface area contributed by atoms with Crippen LogP contribution in [0.4, 0.5) is 8.78 Å². The van der Waals surface area contributed by atoms with E-state index in [1.165, 1.54) is 76.2 Å². The molecule has 30 heavy (non-hydrogen) atoms. The molecule has 0 nitrogen and oxygen atoms in total. The lowest BCUT2D eigenvalue weighted by molar-refractivity contribution is 0.302. The third-order valence-electron chi connectivity index (χ3n) is 6.71. The number of hydrogen-bond acceptors (Lipinski definition) is 0. The monoisotopic (exact) mass is 410 g/mol. The van der Waals surface area contributed by atoms with Gasteiger partial charge in [-0.05, 0) is 59.8 Å². The minimum Gasteiger partial charge on any atom is -0.173 e. The van der Waals surface area contributed by atoms with E-state index in [1.807, 2.05) is 12.1 Å². The van der Waals surface area contributed by atoms with Crippen molar-refractivity contribution in [2.45, 2.75) is 83.5 Å². The van der Waals surface area contributed by atoms with E-state index >= 15 is 0 Å². The van der Waals surface area contributed by atoms with E-state index < -0.39 is 6.08 Å². The fraction of sp³-hybridized carbons (Fsp3) is 0.500. The van der Waals surface area contributed by atoms with Crippen molar-refractivity contribution in [1.82, 2.24) is 0 Å². The van der Waals surface area contributed by atoms with Crippen LogP contribution in [0.25, 0.3) is 17.2 Å². The standard InChI is InChI=1S/C28H36F2/c1-2-3-4-5-6-7-8-22-9-13-24(14-10-22)26-17-19-27(20-18-26)25-15-11-23(12-16-25)21-28(29)30/h11-12,15-22,24H,2-10,13-14H2,1H3/t22-,24-. The first-order valence-electron chi connectivity index (χ1n) is 11.9. The van der Waals surface area contributed by atoms with Crippen LogP contribution in [0.3, 0.4) is 0 Å². The molecule has 0 aliphatic heterocycles. The van der Waals surface area contributed by atoms with Crippen molar-refractivity contribution in [3.63, 3.8) is 0 Å². The fourth-order valence-electron chi connectivity index (χ4n) is 4.84. The van der Waals surface area contributed by atoms with Crippen molar-refractivity contribution in [3.05, 3.63) is 65.7 Å². The van der Waals surface area contributed by atoms with Gasteiger partial charge >= 0.3 is 0 Å². The Balaban J connectivity index is 1.45. The zero-order valence-electron chi connectivity index (χ0n) is 18.4. The molecule has 0 amide bonds. The maximum atomic E-state index is 12.4. The third-order valence-corrected chi connectivity index (χ3v) is 6.71. The Hall–Kier alpha value is -1.96. The average Bonchev–Trinajstić information content (AvgIpc) is 2.77. The molecular weight excluding hydrogens is 374 g/mol. The van der Waals surface area contributed by atoms with Gasteiger partial charge in [-0.25, -0.2) is 0 Å². The van der Waals surface area contributed by atoms with Crippen LogP contribution in [0.1, 0.15) is 94.6 Å². The first kappa shape index (κ1) is 22.7. The van der Waals surface area contributed by atoms with E-state index in [9.17, 15) is 8.78 Å². The molecule has 0 atom stereocenters. The second kappa shape index (κ2) is 12.0. The van der Waals surface area contributed by atoms with Crippen molar-refractivity contribution in [2.24, 2.45) is 5.92 Å². The average molecular weight is 411 g/mol. The van der Waals surface area contributed by atoms with Crippen LogP contribution >= 0.6 is 0 Å². The summed E-state index contributed by atoms with van der Waals surface area (Å²) < 4.78 is 24.7. The van der Waals surface area contributed by atoms with Gasteiger partial charge in [0.25, 0.3) is 6.08 Å². The highest BCUT2D eigenvalue weighted by Gasteiger charge is 2.22. The van der Waals surface area contributed by atoms with Gasteiger partial charge in [0.1, 0.15) is 0 Å². The number of rotatable bonds is 10. The number of halogens is 2. The first-order chi connectivity index (χ1) is 14.7. The lowest BCUT2D eigenvalue weighted by Gasteiger charge is -2.29. The molecular formula is C28H36F2. The highest BCUT2D eigenvalue weighted by Crippen LogP contribution is 2.38. The molecule has 0 heterocycles. The van der Waals surface area contributed by atoms with E-state index in [-0.39, 0.29) is 0 Å². The zero-order chi connectivity index (χ0) is 21.2. The summed E-state index contributed by atoms with van der Waals surface area (Å²) >= 11 is 0. The maximum Gasteiger partial charge on any atom is 0.270 e. The molecule has 0 saturated heterocycles. The lowest BCUT2D eigenvalue weighted by atomic mass is 9.77. The fourth-order valence-corrected chi connectivity index (χ4v) is 4.84. The molecule has 3 rings (SSSR count). The van der Waals surface area contributed by atoms with Crippen molar-refractivity contribution >= 4 is 6.08 Å². The molecule has 2 aromatic rings. The summed E-state index contributed by atoms with van der Waals surface area (Å²) in [5.41, 5.74) is 4.20. The van der Waals surface area contributed by atoms with Crippen LogP contribution in [0.15, 0.2) is 54.6 Å². The molecule has 0 radical (unpaired) electrons. The van der Waals surface area contributed by atoms with Crippen LogP contribution < -0.4 is 0 Å². The molecule has 1 fully saturated rings. The van der Waals surface area contributed by atoms with E-state index in [0.717, 1.165) is 23.1 Å². The summed E-state index contributed by atoms with van der Waals surface area (Å²) in [5.74, 6) is 1.63. The Kier molecular flexibility index (Phi) is 9.11. The van der Waals surface area contributed by atoms with Crippen LogP contribution in [-0.2, 0) is 0 Å². The topological polar surface area (TPSA) is 0 Å². The van der Waals surface area contributed by atoms with E-state index in [2.05, 4.69) is 31.2 Å². The zero-order valence-corrected chi connectivity index (χ0v) is 18.4. The van der Waals surface area contributed by atoms with Crippen molar-refractivity contribution in [1.29, 1.82) is 0 Å². The van der Waals surface area contributed by atoms with Crippen LogP contribution in [-0.4, -0.2) is 0 Å². The molecule has 1 aliphatic carbocycles. The summed E-state index contributed by atoms with van der Waals surface area (Å²) in [6, 6.07) is 16.2. The molecule has 0 bridgehead atoms. The van der Waals surface area contributed by atoms with E-state index in [4.69, 9.17) is 0 Å². The molecule has 1 saturated carbocycles. The molecule has 162 valence electrons.